The third-order valence-corrected chi connectivity index (χ3v) is 3.87. The van der Waals surface area contributed by atoms with E-state index in [1.165, 1.54) is 23.3 Å². The maximum atomic E-state index is 13.0. The molecule has 0 fully saturated rings. The van der Waals surface area contributed by atoms with E-state index in [0.717, 1.165) is 25.2 Å². The second-order valence-electron chi connectivity index (χ2n) is 5.31. The van der Waals surface area contributed by atoms with Crippen molar-refractivity contribution >= 4 is 5.69 Å². The first-order valence-electron chi connectivity index (χ1n) is 7.43. The van der Waals surface area contributed by atoms with Crippen LogP contribution in [0.2, 0.25) is 0 Å². The van der Waals surface area contributed by atoms with E-state index in [1.54, 1.807) is 0 Å². The summed E-state index contributed by atoms with van der Waals surface area (Å²) in [5.41, 5.74) is 9.79. The van der Waals surface area contributed by atoms with E-state index < -0.39 is 0 Å². The van der Waals surface area contributed by atoms with Crippen LogP contribution in [-0.4, -0.2) is 13.1 Å². The van der Waals surface area contributed by atoms with Crippen LogP contribution in [0.1, 0.15) is 30.5 Å². The molecular weight excluding hydrogens is 263 g/mol. The molecule has 0 saturated heterocycles. The van der Waals surface area contributed by atoms with Gasteiger partial charge in [0.15, 0.2) is 0 Å². The molecule has 1 atom stereocenters. The highest BCUT2D eigenvalue weighted by Gasteiger charge is 2.11. The number of anilines is 1. The molecule has 0 aliphatic carbocycles. The SMILES string of the molecule is CCN(CCC(N)c1ccccc1C)c1ccc(F)cc1. The Morgan fingerprint density at radius 3 is 2.38 bits per heavy atom. The average molecular weight is 286 g/mol. The molecule has 3 heteroatoms. The Morgan fingerprint density at radius 1 is 1.10 bits per heavy atom. The first kappa shape index (κ1) is 15.5. The van der Waals surface area contributed by atoms with Gasteiger partial charge in [-0.3, -0.25) is 0 Å². The fraction of sp³-hybridized carbons (Fsp3) is 0.333. The summed E-state index contributed by atoms with van der Waals surface area (Å²) in [6.07, 6.45) is 0.871. The summed E-state index contributed by atoms with van der Waals surface area (Å²) in [5, 5.41) is 0. The number of nitrogens with two attached hydrogens (primary N) is 1. The number of rotatable bonds is 6. The van der Waals surface area contributed by atoms with Gasteiger partial charge in [0.05, 0.1) is 0 Å². The van der Waals surface area contributed by atoms with E-state index >= 15 is 0 Å². The fourth-order valence-electron chi connectivity index (χ4n) is 2.57. The second kappa shape index (κ2) is 7.23. The van der Waals surface area contributed by atoms with E-state index in [-0.39, 0.29) is 11.9 Å². The van der Waals surface area contributed by atoms with E-state index in [4.69, 9.17) is 5.73 Å². The Kier molecular flexibility index (Phi) is 5.34. The van der Waals surface area contributed by atoms with Gasteiger partial charge in [0.25, 0.3) is 0 Å². The van der Waals surface area contributed by atoms with Gasteiger partial charge in [0, 0.05) is 24.8 Å². The van der Waals surface area contributed by atoms with E-state index in [9.17, 15) is 4.39 Å². The first-order valence-corrected chi connectivity index (χ1v) is 7.43. The molecule has 1 unspecified atom stereocenters. The fourth-order valence-corrected chi connectivity index (χ4v) is 2.57. The molecule has 0 aliphatic heterocycles. The lowest BCUT2D eigenvalue weighted by molar-refractivity contribution is 0.621. The molecular formula is C18H23FN2. The van der Waals surface area contributed by atoms with Crippen molar-refractivity contribution in [3.05, 3.63) is 65.5 Å². The maximum absolute atomic E-state index is 13.0. The molecule has 0 saturated carbocycles. The minimum atomic E-state index is -0.202. The van der Waals surface area contributed by atoms with E-state index in [1.807, 2.05) is 24.3 Å². The van der Waals surface area contributed by atoms with Crippen molar-refractivity contribution in [1.29, 1.82) is 0 Å². The van der Waals surface area contributed by atoms with Crippen molar-refractivity contribution in [3.63, 3.8) is 0 Å². The van der Waals surface area contributed by atoms with Gasteiger partial charge in [0.2, 0.25) is 0 Å². The zero-order valence-electron chi connectivity index (χ0n) is 12.7. The van der Waals surface area contributed by atoms with Crippen LogP contribution >= 0.6 is 0 Å². The number of halogens is 1. The average Bonchev–Trinajstić information content (AvgIpc) is 2.49. The van der Waals surface area contributed by atoms with Gasteiger partial charge in [-0.15, -0.1) is 0 Å². The highest BCUT2D eigenvalue weighted by atomic mass is 19.1. The Labute approximate surface area is 126 Å². The van der Waals surface area contributed by atoms with Gasteiger partial charge in [-0.1, -0.05) is 24.3 Å². The van der Waals surface area contributed by atoms with Crippen LogP contribution in [0.5, 0.6) is 0 Å². The van der Waals surface area contributed by atoms with Gasteiger partial charge >= 0.3 is 0 Å². The molecule has 0 spiro atoms. The smallest absolute Gasteiger partial charge is 0.123 e. The number of aryl methyl sites for hydroxylation is 1. The highest BCUT2D eigenvalue weighted by Crippen LogP contribution is 2.21. The molecule has 2 rings (SSSR count). The molecule has 2 nitrogen and oxygen atoms in total. The Morgan fingerprint density at radius 2 is 1.76 bits per heavy atom. The summed E-state index contributed by atoms with van der Waals surface area (Å²) in [6, 6.07) is 14.9. The van der Waals surface area contributed by atoms with Crippen molar-refractivity contribution in [3.8, 4) is 0 Å². The lowest BCUT2D eigenvalue weighted by Crippen LogP contribution is -2.27. The molecule has 21 heavy (non-hydrogen) atoms. The number of benzene rings is 2. The van der Waals surface area contributed by atoms with Gasteiger partial charge in [0.1, 0.15) is 5.82 Å². The van der Waals surface area contributed by atoms with Crippen LogP contribution in [0.15, 0.2) is 48.5 Å². The molecule has 0 amide bonds. The van der Waals surface area contributed by atoms with Gasteiger partial charge in [-0.05, 0) is 55.7 Å². The van der Waals surface area contributed by atoms with Crippen molar-refractivity contribution in [2.75, 3.05) is 18.0 Å². The maximum Gasteiger partial charge on any atom is 0.123 e. The molecule has 0 bridgehead atoms. The molecule has 0 heterocycles. The number of hydrogen-bond acceptors (Lipinski definition) is 2. The van der Waals surface area contributed by atoms with Gasteiger partial charge < -0.3 is 10.6 Å². The predicted octanol–water partition coefficient (Wildman–Crippen LogP) is 4.05. The second-order valence-corrected chi connectivity index (χ2v) is 5.31. The van der Waals surface area contributed by atoms with Crippen LogP contribution in [0.25, 0.3) is 0 Å². The van der Waals surface area contributed by atoms with Crippen molar-refractivity contribution < 1.29 is 4.39 Å². The van der Waals surface area contributed by atoms with Crippen LogP contribution in [-0.2, 0) is 0 Å². The summed E-state index contributed by atoms with van der Waals surface area (Å²) in [6.45, 7) is 5.93. The summed E-state index contributed by atoms with van der Waals surface area (Å²) >= 11 is 0. The lowest BCUT2D eigenvalue weighted by atomic mass is 9.99. The summed E-state index contributed by atoms with van der Waals surface area (Å²) in [7, 11) is 0. The monoisotopic (exact) mass is 286 g/mol. The van der Waals surface area contributed by atoms with Crippen molar-refractivity contribution in [1.82, 2.24) is 0 Å². The molecule has 0 aliphatic rings. The molecule has 0 aromatic heterocycles. The predicted molar refractivity (Wildman–Crippen MR) is 87.0 cm³/mol. The molecule has 112 valence electrons. The van der Waals surface area contributed by atoms with Crippen molar-refractivity contribution in [2.45, 2.75) is 26.3 Å². The molecule has 2 N–H and O–H groups in total. The Balaban J connectivity index is 2.00. The number of nitrogens with zero attached hydrogens (tertiary/aromatic N) is 1. The minimum Gasteiger partial charge on any atom is -0.372 e. The Hall–Kier alpha value is -1.87. The quantitative estimate of drug-likeness (QED) is 0.868. The lowest BCUT2D eigenvalue weighted by Gasteiger charge is -2.25. The summed E-state index contributed by atoms with van der Waals surface area (Å²) in [5.74, 6) is -0.202. The van der Waals surface area contributed by atoms with Crippen molar-refractivity contribution in [2.24, 2.45) is 5.73 Å². The van der Waals surface area contributed by atoms with Crippen LogP contribution < -0.4 is 10.6 Å². The van der Waals surface area contributed by atoms with Gasteiger partial charge in [-0.2, -0.15) is 0 Å². The van der Waals surface area contributed by atoms with E-state index in [2.05, 4.69) is 30.9 Å². The molecule has 2 aromatic carbocycles. The van der Waals surface area contributed by atoms with Gasteiger partial charge in [-0.25, -0.2) is 4.39 Å². The zero-order valence-corrected chi connectivity index (χ0v) is 12.7. The van der Waals surface area contributed by atoms with Crippen LogP contribution in [0.4, 0.5) is 10.1 Å². The highest BCUT2D eigenvalue weighted by molar-refractivity contribution is 5.46. The molecule has 2 aromatic rings. The largest absolute Gasteiger partial charge is 0.372 e. The summed E-state index contributed by atoms with van der Waals surface area (Å²) in [4.78, 5) is 2.22. The normalized spacial score (nSPS) is 12.2. The number of hydrogen-bond donors (Lipinski definition) is 1. The standard InChI is InChI=1S/C18H23FN2/c1-3-21(16-10-8-15(19)9-11-16)13-12-18(20)17-7-5-4-6-14(17)2/h4-11,18H,3,12-13,20H2,1-2H3. The topological polar surface area (TPSA) is 29.3 Å². The third kappa shape index (κ3) is 4.05. The van der Waals surface area contributed by atoms with Crippen LogP contribution in [0, 0.1) is 12.7 Å². The van der Waals surface area contributed by atoms with Crippen LogP contribution in [0.3, 0.4) is 0 Å². The zero-order chi connectivity index (χ0) is 15.2. The van der Waals surface area contributed by atoms with E-state index in [0.29, 0.717) is 0 Å². The first-order chi connectivity index (χ1) is 10.1. The minimum absolute atomic E-state index is 0.0284. The molecule has 0 radical (unpaired) electrons. The Bertz CT molecular complexity index is 566. The third-order valence-electron chi connectivity index (χ3n) is 3.87. The summed E-state index contributed by atoms with van der Waals surface area (Å²) < 4.78 is 13.0.